The Labute approximate surface area is 215 Å². The van der Waals surface area contributed by atoms with Crippen molar-refractivity contribution in [2.24, 2.45) is 0 Å². The Morgan fingerprint density at radius 2 is 1.61 bits per heavy atom. The predicted molar refractivity (Wildman–Crippen MR) is 132 cm³/mol. The van der Waals surface area contributed by atoms with Crippen molar-refractivity contribution < 1.29 is 26.2 Å². The zero-order chi connectivity index (χ0) is 22.7. The Balaban J connectivity index is 0.00000306. The maximum Gasteiger partial charge on any atom is 0.128 e. The maximum atomic E-state index is 11.0. The molecule has 0 aliphatic rings. The first-order valence-electron chi connectivity index (χ1n) is 10.9. The van der Waals surface area contributed by atoms with Crippen LogP contribution in [0.25, 0.3) is 22.5 Å². The van der Waals surface area contributed by atoms with Crippen molar-refractivity contribution in [3.8, 4) is 28.3 Å². The van der Waals surface area contributed by atoms with Gasteiger partial charge in [-0.05, 0) is 52.9 Å². The van der Waals surface area contributed by atoms with Gasteiger partial charge in [-0.15, -0.1) is 29.8 Å². The number of pyridine rings is 2. The van der Waals surface area contributed by atoms with Gasteiger partial charge in [0.2, 0.25) is 0 Å². The molecule has 0 fully saturated rings. The number of benzene rings is 2. The van der Waals surface area contributed by atoms with Crippen LogP contribution >= 0.6 is 11.8 Å². The number of aromatic nitrogens is 2. The molecule has 0 saturated heterocycles. The van der Waals surface area contributed by atoms with Gasteiger partial charge in [-0.25, -0.2) is 4.98 Å². The van der Waals surface area contributed by atoms with E-state index in [4.69, 9.17) is 4.98 Å². The average molecular weight is 635 g/mol. The van der Waals surface area contributed by atoms with Gasteiger partial charge in [-0.2, -0.15) is 0 Å². The van der Waals surface area contributed by atoms with Crippen LogP contribution in [0.2, 0.25) is 0 Å². The van der Waals surface area contributed by atoms with Gasteiger partial charge in [0.25, 0.3) is 0 Å². The zero-order valence-electron chi connectivity index (χ0n) is 19.1. The van der Waals surface area contributed by atoms with Gasteiger partial charge in [-0.1, -0.05) is 68.6 Å². The number of phenols is 1. The van der Waals surface area contributed by atoms with Gasteiger partial charge in [-0.3, -0.25) is 4.98 Å². The summed E-state index contributed by atoms with van der Waals surface area (Å²) in [5.41, 5.74) is 5.44. The molecule has 0 aliphatic heterocycles. The summed E-state index contributed by atoms with van der Waals surface area (Å²) < 4.78 is 0. The number of aromatic hydroxyl groups is 1. The first-order chi connectivity index (χ1) is 15.4. The van der Waals surface area contributed by atoms with Crippen molar-refractivity contribution in [2.45, 2.75) is 49.5 Å². The zero-order valence-corrected chi connectivity index (χ0v) is 22.2. The van der Waals surface area contributed by atoms with Crippen LogP contribution in [-0.2, 0) is 21.1 Å². The van der Waals surface area contributed by atoms with Crippen LogP contribution in [0.3, 0.4) is 0 Å². The quantitative estimate of drug-likeness (QED) is 0.221. The molecule has 4 aromatic rings. The third-order valence-electron chi connectivity index (χ3n) is 5.37. The second kappa shape index (κ2) is 11.1. The summed E-state index contributed by atoms with van der Waals surface area (Å²) in [7, 11) is 0. The van der Waals surface area contributed by atoms with Crippen LogP contribution in [0.1, 0.15) is 50.7 Å². The molecule has 0 aliphatic carbocycles. The second-order valence-electron chi connectivity index (χ2n) is 8.42. The first kappa shape index (κ1) is 25.2. The maximum absolute atomic E-state index is 11.0. The fourth-order valence-electron chi connectivity index (χ4n) is 3.56. The average Bonchev–Trinajstić information content (AvgIpc) is 2.80. The molecule has 172 valence electrons. The fourth-order valence-corrected chi connectivity index (χ4v) is 4.35. The molecular weight excluding hydrogens is 607 g/mol. The van der Waals surface area contributed by atoms with E-state index in [0.717, 1.165) is 38.0 Å². The van der Waals surface area contributed by atoms with Gasteiger partial charge >= 0.3 is 0 Å². The van der Waals surface area contributed by atoms with Crippen molar-refractivity contribution in [1.82, 2.24) is 9.97 Å². The van der Waals surface area contributed by atoms with Crippen LogP contribution in [0.15, 0.2) is 82.8 Å². The Morgan fingerprint density at radius 3 is 2.30 bits per heavy atom. The van der Waals surface area contributed by atoms with Crippen LogP contribution in [-0.4, -0.2) is 15.1 Å². The van der Waals surface area contributed by atoms with Gasteiger partial charge in [0.05, 0.1) is 10.7 Å². The van der Waals surface area contributed by atoms with Crippen molar-refractivity contribution in [2.75, 3.05) is 0 Å². The Hall–Kier alpha value is -2.42. The van der Waals surface area contributed by atoms with Crippen molar-refractivity contribution >= 4 is 11.8 Å². The molecule has 0 unspecified atom stereocenters. The van der Waals surface area contributed by atoms with E-state index in [1.807, 2.05) is 54.6 Å². The molecule has 33 heavy (non-hydrogen) atoms. The number of phenolic OH excluding ortho intramolecular Hbond substituents is 1. The third kappa shape index (κ3) is 5.93. The van der Waals surface area contributed by atoms with E-state index in [9.17, 15) is 5.11 Å². The van der Waals surface area contributed by atoms with E-state index in [1.165, 1.54) is 5.56 Å². The van der Waals surface area contributed by atoms with Crippen LogP contribution in [0.5, 0.6) is 5.75 Å². The minimum Gasteiger partial charge on any atom is -0.507 e. The van der Waals surface area contributed by atoms with Gasteiger partial charge in [0.15, 0.2) is 0 Å². The Kier molecular flexibility index (Phi) is 8.50. The van der Waals surface area contributed by atoms with E-state index in [-0.39, 0.29) is 27.0 Å². The molecular formula is C28H27N2OPtS-. The summed E-state index contributed by atoms with van der Waals surface area (Å²) in [6.45, 7) is 8.55. The summed E-state index contributed by atoms with van der Waals surface area (Å²) in [4.78, 5) is 10.3. The minimum atomic E-state index is 0. The molecule has 0 radical (unpaired) electrons. The van der Waals surface area contributed by atoms with Gasteiger partial charge in [0.1, 0.15) is 5.75 Å². The minimum absolute atomic E-state index is 0. The molecule has 0 bridgehead atoms. The molecule has 0 spiro atoms. The molecule has 2 aromatic carbocycles. The predicted octanol–water partition coefficient (Wildman–Crippen LogP) is 7.71. The van der Waals surface area contributed by atoms with Crippen LogP contribution in [0, 0.1) is 6.07 Å². The van der Waals surface area contributed by atoms with E-state index >= 15 is 0 Å². The summed E-state index contributed by atoms with van der Waals surface area (Å²) in [6.07, 6.45) is 1.79. The molecule has 3 nitrogen and oxygen atoms in total. The van der Waals surface area contributed by atoms with Crippen molar-refractivity contribution in [1.29, 1.82) is 0 Å². The van der Waals surface area contributed by atoms with Crippen LogP contribution < -0.4 is 0 Å². The van der Waals surface area contributed by atoms with Crippen LogP contribution in [0.4, 0.5) is 0 Å². The summed E-state index contributed by atoms with van der Waals surface area (Å²) in [5.74, 6) is 0.908. The second-order valence-corrected chi connectivity index (χ2v) is 9.48. The monoisotopic (exact) mass is 634 g/mol. The Morgan fingerprint density at radius 1 is 0.848 bits per heavy atom. The normalized spacial score (nSPS) is 11.0. The smallest absolute Gasteiger partial charge is 0.128 e. The van der Waals surface area contributed by atoms with E-state index < -0.39 is 0 Å². The third-order valence-corrected chi connectivity index (χ3v) is 6.28. The van der Waals surface area contributed by atoms with E-state index in [1.54, 1.807) is 18.0 Å². The Bertz CT molecular complexity index is 1230. The number of rotatable bonds is 6. The number of nitrogens with zero attached hydrogens (tertiary/aromatic N) is 2. The fraction of sp³-hybridized carbons (Fsp3) is 0.214. The molecule has 1 N–H and O–H groups in total. The number of hydrogen-bond donors (Lipinski definition) is 1. The topological polar surface area (TPSA) is 46.0 Å². The number of hydrogen-bond acceptors (Lipinski definition) is 4. The molecule has 2 aromatic heterocycles. The van der Waals surface area contributed by atoms with E-state index in [0.29, 0.717) is 11.7 Å². The first-order valence-corrected chi connectivity index (χ1v) is 11.7. The summed E-state index contributed by atoms with van der Waals surface area (Å²) in [6, 6.07) is 25.5. The molecule has 0 amide bonds. The van der Waals surface area contributed by atoms with E-state index in [2.05, 4.69) is 50.9 Å². The summed E-state index contributed by atoms with van der Waals surface area (Å²) >= 11 is 1.58. The standard InChI is InChI=1S/C28H27N2OS.Pt/c1-18(2)21-16-23(19(3)4)28(31)24(17-21)26-12-8-11-25(30-26)20-9-7-10-22(15-20)32-27-13-5-6-14-29-27;/h5-14,16-19,31H,1-4H3;/q-1;. The molecule has 4 rings (SSSR count). The molecule has 5 heteroatoms. The SMILES string of the molecule is CC(C)c1cc(-c2cccc(-c3[c-]c(Sc4ccccn4)ccc3)n2)c(O)c(C(C)C)c1.[Pt]. The molecule has 0 saturated carbocycles. The van der Waals surface area contributed by atoms with Crippen molar-refractivity contribution in [3.05, 3.63) is 90.1 Å². The summed E-state index contributed by atoms with van der Waals surface area (Å²) in [5, 5.41) is 12.0. The van der Waals surface area contributed by atoms with Gasteiger partial charge < -0.3 is 5.11 Å². The molecule has 0 atom stereocenters. The van der Waals surface area contributed by atoms with Gasteiger partial charge in [0, 0.05) is 32.8 Å². The van der Waals surface area contributed by atoms with Crippen molar-refractivity contribution in [3.63, 3.8) is 0 Å². The molecule has 2 heterocycles. The largest absolute Gasteiger partial charge is 0.507 e.